The first-order valence-electron chi connectivity index (χ1n) is 7.23. The highest BCUT2D eigenvalue weighted by Gasteiger charge is 2.36. The van der Waals surface area contributed by atoms with Crippen molar-refractivity contribution in [2.45, 2.75) is 58.0 Å². The standard InChI is InChI=1S/C13H22N4S/c1-2-8-17-12(14-15-13(17)18)16-9-4-6-10-5-3-7-11(10)16/h10-11H,2-9H2,1H3,(H,15,18). The van der Waals surface area contributed by atoms with Crippen LogP contribution in [-0.4, -0.2) is 27.4 Å². The number of nitrogens with zero attached hydrogens (tertiary/aromatic N) is 3. The SMILES string of the molecule is CCCn1c(N2CCCC3CCCC32)n[nH]c1=S. The Morgan fingerprint density at radius 1 is 1.33 bits per heavy atom. The second-order valence-electron chi connectivity index (χ2n) is 5.57. The Kier molecular flexibility index (Phi) is 3.41. The zero-order valence-electron chi connectivity index (χ0n) is 11.1. The van der Waals surface area contributed by atoms with Crippen molar-refractivity contribution in [2.75, 3.05) is 11.4 Å². The van der Waals surface area contributed by atoms with Gasteiger partial charge in [0.25, 0.3) is 0 Å². The fraction of sp³-hybridized carbons (Fsp3) is 0.846. The van der Waals surface area contributed by atoms with Gasteiger partial charge in [0.2, 0.25) is 5.95 Å². The molecule has 1 aromatic heterocycles. The number of piperidine rings is 1. The molecule has 1 saturated heterocycles. The minimum Gasteiger partial charge on any atom is -0.338 e. The van der Waals surface area contributed by atoms with Crippen molar-refractivity contribution in [3.8, 4) is 0 Å². The van der Waals surface area contributed by atoms with Gasteiger partial charge in [0, 0.05) is 19.1 Å². The maximum absolute atomic E-state index is 5.35. The van der Waals surface area contributed by atoms with Crippen molar-refractivity contribution in [1.29, 1.82) is 0 Å². The fourth-order valence-corrected chi connectivity index (χ4v) is 3.87. The Labute approximate surface area is 113 Å². The number of H-pyrrole nitrogens is 1. The molecule has 1 aliphatic carbocycles. The molecule has 4 nitrogen and oxygen atoms in total. The minimum atomic E-state index is 0.708. The molecule has 1 aliphatic heterocycles. The van der Waals surface area contributed by atoms with E-state index in [1.807, 2.05) is 0 Å². The van der Waals surface area contributed by atoms with Crippen LogP contribution in [0.25, 0.3) is 0 Å². The maximum atomic E-state index is 5.35. The van der Waals surface area contributed by atoms with E-state index in [-0.39, 0.29) is 0 Å². The number of nitrogens with one attached hydrogen (secondary N) is 1. The summed E-state index contributed by atoms with van der Waals surface area (Å²) in [7, 11) is 0. The molecule has 1 N–H and O–H groups in total. The van der Waals surface area contributed by atoms with Crippen LogP contribution in [0.2, 0.25) is 0 Å². The van der Waals surface area contributed by atoms with E-state index >= 15 is 0 Å². The number of hydrogen-bond donors (Lipinski definition) is 1. The lowest BCUT2D eigenvalue weighted by Gasteiger charge is -2.38. The predicted octanol–water partition coefficient (Wildman–Crippen LogP) is 3.12. The van der Waals surface area contributed by atoms with E-state index in [9.17, 15) is 0 Å². The molecule has 0 amide bonds. The molecule has 5 heteroatoms. The van der Waals surface area contributed by atoms with Crippen LogP contribution < -0.4 is 4.90 Å². The fourth-order valence-electron chi connectivity index (χ4n) is 3.66. The number of rotatable bonds is 3. The summed E-state index contributed by atoms with van der Waals surface area (Å²) >= 11 is 5.35. The monoisotopic (exact) mass is 266 g/mol. The van der Waals surface area contributed by atoms with Crippen LogP contribution in [0.1, 0.15) is 45.4 Å². The van der Waals surface area contributed by atoms with Gasteiger partial charge in [-0.15, -0.1) is 5.10 Å². The van der Waals surface area contributed by atoms with Gasteiger partial charge in [0.15, 0.2) is 4.77 Å². The van der Waals surface area contributed by atoms with E-state index in [1.54, 1.807) is 0 Å². The highest BCUT2D eigenvalue weighted by atomic mass is 32.1. The van der Waals surface area contributed by atoms with Crippen molar-refractivity contribution in [1.82, 2.24) is 14.8 Å². The molecule has 100 valence electrons. The lowest BCUT2D eigenvalue weighted by molar-refractivity contribution is 0.355. The highest BCUT2D eigenvalue weighted by molar-refractivity contribution is 7.71. The van der Waals surface area contributed by atoms with Crippen molar-refractivity contribution in [3.05, 3.63) is 4.77 Å². The quantitative estimate of drug-likeness (QED) is 0.854. The Balaban J connectivity index is 1.91. The van der Waals surface area contributed by atoms with Gasteiger partial charge in [0.05, 0.1) is 0 Å². The molecule has 1 aromatic rings. The largest absolute Gasteiger partial charge is 0.338 e. The smallest absolute Gasteiger partial charge is 0.225 e. The van der Waals surface area contributed by atoms with E-state index in [0.29, 0.717) is 6.04 Å². The zero-order valence-corrected chi connectivity index (χ0v) is 11.9. The summed E-state index contributed by atoms with van der Waals surface area (Å²) < 4.78 is 2.95. The van der Waals surface area contributed by atoms with Crippen LogP contribution in [0.5, 0.6) is 0 Å². The third kappa shape index (κ3) is 1.98. The number of anilines is 1. The molecular weight excluding hydrogens is 244 g/mol. The van der Waals surface area contributed by atoms with Gasteiger partial charge in [0.1, 0.15) is 0 Å². The van der Waals surface area contributed by atoms with E-state index in [2.05, 4.69) is 26.6 Å². The van der Waals surface area contributed by atoms with Crippen LogP contribution in [0.3, 0.4) is 0 Å². The van der Waals surface area contributed by atoms with Crippen molar-refractivity contribution in [3.63, 3.8) is 0 Å². The van der Waals surface area contributed by atoms with Crippen LogP contribution in [-0.2, 0) is 6.54 Å². The number of aromatic amines is 1. The molecule has 2 unspecified atom stereocenters. The Bertz CT molecular complexity index is 464. The summed E-state index contributed by atoms with van der Waals surface area (Å²) in [6.45, 7) is 4.30. The van der Waals surface area contributed by atoms with Crippen molar-refractivity contribution in [2.24, 2.45) is 5.92 Å². The molecule has 2 heterocycles. The topological polar surface area (TPSA) is 36.9 Å². The molecule has 0 bridgehead atoms. The summed E-state index contributed by atoms with van der Waals surface area (Å²) in [6.07, 6.45) is 7.91. The summed E-state index contributed by atoms with van der Waals surface area (Å²) in [5.41, 5.74) is 0. The summed E-state index contributed by atoms with van der Waals surface area (Å²) in [6, 6.07) is 0.708. The van der Waals surface area contributed by atoms with Crippen molar-refractivity contribution >= 4 is 18.2 Å². The number of aromatic nitrogens is 3. The number of fused-ring (bicyclic) bond motifs is 1. The van der Waals surface area contributed by atoms with Gasteiger partial charge in [-0.1, -0.05) is 13.3 Å². The van der Waals surface area contributed by atoms with Gasteiger partial charge in [-0.25, -0.2) is 5.10 Å². The Morgan fingerprint density at radius 2 is 2.17 bits per heavy atom. The maximum Gasteiger partial charge on any atom is 0.225 e. The molecule has 0 spiro atoms. The Morgan fingerprint density at radius 3 is 3.00 bits per heavy atom. The molecule has 0 radical (unpaired) electrons. The first-order chi connectivity index (χ1) is 8.81. The van der Waals surface area contributed by atoms with Crippen LogP contribution in [0.15, 0.2) is 0 Å². The van der Waals surface area contributed by atoms with Gasteiger partial charge < -0.3 is 4.90 Å². The van der Waals surface area contributed by atoms with E-state index in [4.69, 9.17) is 12.2 Å². The lowest BCUT2D eigenvalue weighted by atomic mass is 9.92. The first-order valence-corrected chi connectivity index (χ1v) is 7.64. The normalized spacial score (nSPS) is 27.5. The summed E-state index contributed by atoms with van der Waals surface area (Å²) in [5.74, 6) is 1.97. The average Bonchev–Trinajstić information content (AvgIpc) is 2.97. The molecular formula is C13H22N4S. The van der Waals surface area contributed by atoms with E-state index in [1.165, 1.54) is 32.1 Å². The van der Waals surface area contributed by atoms with Crippen LogP contribution in [0, 0.1) is 10.7 Å². The third-order valence-electron chi connectivity index (χ3n) is 4.44. The van der Waals surface area contributed by atoms with E-state index < -0.39 is 0 Å². The van der Waals surface area contributed by atoms with Crippen molar-refractivity contribution < 1.29 is 0 Å². The second-order valence-corrected chi connectivity index (χ2v) is 5.96. The van der Waals surface area contributed by atoms with Gasteiger partial charge in [-0.05, 0) is 50.2 Å². The van der Waals surface area contributed by atoms with Crippen LogP contribution >= 0.6 is 12.2 Å². The summed E-state index contributed by atoms with van der Waals surface area (Å²) in [4.78, 5) is 2.52. The molecule has 3 rings (SSSR count). The van der Waals surface area contributed by atoms with E-state index in [0.717, 1.165) is 36.1 Å². The first kappa shape index (κ1) is 12.2. The predicted molar refractivity (Wildman–Crippen MR) is 75.4 cm³/mol. The van der Waals surface area contributed by atoms with Gasteiger partial charge >= 0.3 is 0 Å². The zero-order chi connectivity index (χ0) is 12.5. The van der Waals surface area contributed by atoms with Crippen LogP contribution in [0.4, 0.5) is 5.95 Å². The lowest BCUT2D eigenvalue weighted by Crippen LogP contribution is -2.44. The highest BCUT2D eigenvalue weighted by Crippen LogP contribution is 2.38. The molecule has 2 atom stereocenters. The minimum absolute atomic E-state index is 0.708. The average molecular weight is 266 g/mol. The summed E-state index contributed by atoms with van der Waals surface area (Å²) in [5, 5.41) is 7.46. The third-order valence-corrected chi connectivity index (χ3v) is 4.75. The second kappa shape index (κ2) is 5.03. The van der Waals surface area contributed by atoms with Gasteiger partial charge in [-0.3, -0.25) is 4.57 Å². The van der Waals surface area contributed by atoms with Gasteiger partial charge in [-0.2, -0.15) is 0 Å². The molecule has 2 aliphatic rings. The molecule has 2 fully saturated rings. The number of hydrogen-bond acceptors (Lipinski definition) is 3. The molecule has 18 heavy (non-hydrogen) atoms. The Hall–Kier alpha value is -0.840. The molecule has 1 saturated carbocycles. The molecule has 0 aromatic carbocycles.